The van der Waals surface area contributed by atoms with E-state index >= 15 is 0 Å². The number of aromatic nitrogens is 3. The van der Waals surface area contributed by atoms with E-state index in [1.165, 1.54) is 16.2 Å². The van der Waals surface area contributed by atoms with Crippen LogP contribution in [-0.2, 0) is 19.9 Å². The van der Waals surface area contributed by atoms with Crippen LogP contribution in [0.2, 0.25) is 0 Å². The predicted octanol–water partition coefficient (Wildman–Crippen LogP) is 5.18. The van der Waals surface area contributed by atoms with E-state index in [0.717, 1.165) is 17.7 Å². The van der Waals surface area contributed by atoms with Crippen LogP contribution in [0.4, 0.5) is 4.39 Å². The van der Waals surface area contributed by atoms with E-state index in [1.54, 1.807) is 45.3 Å². The number of pyridine rings is 1. The predicted molar refractivity (Wildman–Crippen MR) is 123 cm³/mol. The topological polar surface area (TPSA) is 57.0 Å². The lowest BCUT2D eigenvalue weighted by Gasteiger charge is -2.12. The van der Waals surface area contributed by atoms with Crippen molar-refractivity contribution < 1.29 is 9.13 Å². The quantitative estimate of drug-likeness (QED) is 0.424. The van der Waals surface area contributed by atoms with E-state index in [0.29, 0.717) is 23.2 Å². The van der Waals surface area contributed by atoms with Crippen LogP contribution in [0.1, 0.15) is 22.4 Å². The number of benzene rings is 2. The van der Waals surface area contributed by atoms with E-state index < -0.39 is 5.82 Å². The molecule has 0 aliphatic carbocycles. The third-order valence-corrected chi connectivity index (χ3v) is 5.29. The van der Waals surface area contributed by atoms with Gasteiger partial charge in [-0.15, -0.1) is 0 Å². The Morgan fingerprint density at radius 1 is 0.938 bits per heavy atom. The lowest BCUT2D eigenvalue weighted by molar-refractivity contribution is 0.406. The van der Waals surface area contributed by atoms with Gasteiger partial charge in [0, 0.05) is 30.1 Å². The van der Waals surface area contributed by atoms with E-state index in [9.17, 15) is 9.18 Å². The fourth-order valence-electron chi connectivity index (χ4n) is 3.57. The number of aryl methyl sites for hydroxylation is 5. The molecule has 0 fully saturated rings. The van der Waals surface area contributed by atoms with Gasteiger partial charge in [0.25, 0.3) is 5.56 Å². The Hall–Kier alpha value is -3.80. The highest BCUT2D eigenvalue weighted by Gasteiger charge is 2.14. The van der Waals surface area contributed by atoms with Gasteiger partial charge in [0.1, 0.15) is 0 Å². The molecule has 0 bridgehead atoms. The van der Waals surface area contributed by atoms with Crippen molar-refractivity contribution in [3.05, 3.63) is 105 Å². The molecule has 0 saturated carbocycles. The maximum Gasteiger partial charge on any atom is 0.322 e. The smallest absolute Gasteiger partial charge is 0.322 e. The summed E-state index contributed by atoms with van der Waals surface area (Å²) in [6.07, 6.45) is 3.19. The van der Waals surface area contributed by atoms with E-state index in [-0.39, 0.29) is 17.3 Å². The largest absolute Gasteiger partial charge is 0.421 e. The van der Waals surface area contributed by atoms with Gasteiger partial charge in [0.2, 0.25) is 0 Å². The average Bonchev–Trinajstić information content (AvgIpc) is 2.79. The molecule has 2 aromatic carbocycles. The molecule has 0 saturated heterocycles. The van der Waals surface area contributed by atoms with Gasteiger partial charge >= 0.3 is 6.01 Å². The Morgan fingerprint density at radius 2 is 1.72 bits per heavy atom. The molecule has 5 nitrogen and oxygen atoms in total. The van der Waals surface area contributed by atoms with Crippen LogP contribution in [0, 0.1) is 19.7 Å². The zero-order valence-corrected chi connectivity index (χ0v) is 18.3. The normalized spacial score (nSPS) is 10.9. The molecule has 162 valence electrons. The van der Waals surface area contributed by atoms with Crippen LogP contribution in [0.15, 0.2) is 71.7 Å². The standard InChI is InChI=1S/C26H24FN3O2/c1-17-8-7-11-22(27)24(17)32-26-28-21(13-12-19-9-5-4-6-10-19)15-23(29-26)20-14-18(2)25(31)30(3)16-20/h4-11,14-16H,12-13H2,1-3H3. The monoisotopic (exact) mass is 429 g/mol. The van der Waals surface area contributed by atoms with E-state index in [2.05, 4.69) is 22.1 Å². The first kappa shape index (κ1) is 21.4. The van der Waals surface area contributed by atoms with Crippen molar-refractivity contribution in [3.8, 4) is 23.0 Å². The van der Waals surface area contributed by atoms with Crippen LogP contribution < -0.4 is 10.3 Å². The molecule has 6 heteroatoms. The van der Waals surface area contributed by atoms with E-state index in [4.69, 9.17) is 4.74 Å². The van der Waals surface area contributed by atoms with Gasteiger partial charge in [-0.25, -0.2) is 4.39 Å². The van der Waals surface area contributed by atoms with Crippen molar-refractivity contribution in [2.75, 3.05) is 0 Å². The molecule has 32 heavy (non-hydrogen) atoms. The van der Waals surface area contributed by atoms with Gasteiger partial charge in [0.15, 0.2) is 11.6 Å². The van der Waals surface area contributed by atoms with Gasteiger partial charge in [-0.2, -0.15) is 9.97 Å². The van der Waals surface area contributed by atoms with Crippen molar-refractivity contribution in [3.63, 3.8) is 0 Å². The molecule has 0 atom stereocenters. The number of rotatable bonds is 6. The Bertz CT molecular complexity index is 1270. The zero-order chi connectivity index (χ0) is 22.7. The van der Waals surface area contributed by atoms with Crippen molar-refractivity contribution in [2.45, 2.75) is 26.7 Å². The number of para-hydroxylation sites is 1. The minimum absolute atomic E-state index is 0.0643. The first-order valence-corrected chi connectivity index (χ1v) is 10.4. The summed E-state index contributed by atoms with van der Waals surface area (Å²) in [5, 5.41) is 0. The van der Waals surface area contributed by atoms with Gasteiger partial charge in [-0.3, -0.25) is 4.79 Å². The summed E-state index contributed by atoms with van der Waals surface area (Å²) in [5.41, 5.74) is 4.55. The summed E-state index contributed by atoms with van der Waals surface area (Å²) in [6, 6.07) is 18.6. The summed E-state index contributed by atoms with van der Waals surface area (Å²) in [6.45, 7) is 3.54. The van der Waals surface area contributed by atoms with Crippen molar-refractivity contribution in [1.29, 1.82) is 0 Å². The second-order valence-electron chi connectivity index (χ2n) is 7.83. The zero-order valence-electron chi connectivity index (χ0n) is 18.3. The van der Waals surface area contributed by atoms with Gasteiger partial charge in [0.05, 0.1) is 5.69 Å². The Balaban J connectivity index is 1.75. The van der Waals surface area contributed by atoms with Crippen LogP contribution in [0.3, 0.4) is 0 Å². The average molecular weight is 429 g/mol. The molecule has 4 rings (SSSR count). The minimum atomic E-state index is -0.470. The SMILES string of the molecule is Cc1cccc(F)c1Oc1nc(CCc2ccccc2)cc(-c2cc(C)c(=O)n(C)c2)n1. The van der Waals surface area contributed by atoms with E-state index in [1.807, 2.05) is 24.3 Å². The van der Waals surface area contributed by atoms with Crippen molar-refractivity contribution >= 4 is 0 Å². The molecule has 0 unspecified atom stereocenters. The first-order valence-electron chi connectivity index (χ1n) is 10.4. The summed E-state index contributed by atoms with van der Waals surface area (Å²) >= 11 is 0. The molecular weight excluding hydrogens is 405 g/mol. The van der Waals surface area contributed by atoms with Gasteiger partial charge < -0.3 is 9.30 Å². The summed E-state index contributed by atoms with van der Waals surface area (Å²) in [4.78, 5) is 21.2. The van der Waals surface area contributed by atoms with Crippen LogP contribution in [0.5, 0.6) is 11.8 Å². The Morgan fingerprint density at radius 3 is 2.44 bits per heavy atom. The molecule has 4 aromatic rings. The number of halogens is 1. The molecule has 2 heterocycles. The minimum Gasteiger partial charge on any atom is -0.421 e. The second kappa shape index (κ2) is 9.14. The fraction of sp³-hybridized carbons (Fsp3) is 0.192. The molecule has 0 spiro atoms. The maximum absolute atomic E-state index is 14.4. The molecule has 0 radical (unpaired) electrons. The molecule has 0 amide bonds. The van der Waals surface area contributed by atoms with Crippen LogP contribution in [0.25, 0.3) is 11.3 Å². The maximum atomic E-state index is 14.4. The first-order chi connectivity index (χ1) is 15.4. The highest BCUT2D eigenvalue weighted by molar-refractivity contribution is 5.59. The fourth-order valence-corrected chi connectivity index (χ4v) is 3.57. The van der Waals surface area contributed by atoms with Crippen LogP contribution >= 0.6 is 0 Å². The second-order valence-corrected chi connectivity index (χ2v) is 7.83. The number of nitrogens with zero attached hydrogens (tertiary/aromatic N) is 3. The third kappa shape index (κ3) is 4.75. The van der Waals surface area contributed by atoms with Gasteiger partial charge in [-0.1, -0.05) is 42.5 Å². The summed E-state index contributed by atoms with van der Waals surface area (Å²) < 4.78 is 21.7. The highest BCUT2D eigenvalue weighted by Crippen LogP contribution is 2.28. The lowest BCUT2D eigenvalue weighted by atomic mass is 10.1. The molecular formula is C26H24FN3O2. The highest BCUT2D eigenvalue weighted by atomic mass is 19.1. The number of hydrogen-bond acceptors (Lipinski definition) is 4. The van der Waals surface area contributed by atoms with Crippen molar-refractivity contribution in [2.24, 2.45) is 7.05 Å². The molecule has 0 N–H and O–H groups in total. The molecule has 2 aromatic heterocycles. The number of ether oxygens (including phenoxy) is 1. The summed E-state index contributed by atoms with van der Waals surface area (Å²) in [7, 11) is 1.70. The Labute approximate surface area is 186 Å². The molecule has 0 aliphatic heterocycles. The summed E-state index contributed by atoms with van der Waals surface area (Å²) in [5.74, 6) is -0.363. The van der Waals surface area contributed by atoms with Gasteiger partial charge in [-0.05, 0) is 56.0 Å². The van der Waals surface area contributed by atoms with Crippen molar-refractivity contribution in [1.82, 2.24) is 14.5 Å². The van der Waals surface area contributed by atoms with Crippen LogP contribution in [-0.4, -0.2) is 14.5 Å². The Kier molecular flexibility index (Phi) is 6.12. The third-order valence-electron chi connectivity index (χ3n) is 5.29. The molecule has 0 aliphatic rings. The number of hydrogen-bond donors (Lipinski definition) is 0. The lowest BCUT2D eigenvalue weighted by Crippen LogP contribution is -2.18.